The summed E-state index contributed by atoms with van der Waals surface area (Å²) >= 11 is 0. The number of carbonyl (C=O) groups excluding carboxylic acids is 3. The van der Waals surface area contributed by atoms with Gasteiger partial charge in [0.05, 0.1) is 11.6 Å². The molecule has 0 saturated carbocycles. The van der Waals surface area contributed by atoms with Gasteiger partial charge in [-0.2, -0.15) is 4.99 Å². The van der Waals surface area contributed by atoms with Crippen molar-refractivity contribution in [2.75, 3.05) is 6.54 Å². The number of nitrogens with zero attached hydrogens (tertiary/aromatic N) is 2. The lowest BCUT2D eigenvalue weighted by Gasteiger charge is -2.28. The molecule has 0 spiro atoms. The van der Waals surface area contributed by atoms with Crippen molar-refractivity contribution in [2.45, 2.75) is 32.2 Å². The van der Waals surface area contributed by atoms with Gasteiger partial charge in [-0.3, -0.25) is 14.5 Å². The van der Waals surface area contributed by atoms with E-state index in [0.717, 1.165) is 18.4 Å². The molecule has 6 nitrogen and oxygen atoms in total. The Bertz CT molecular complexity index is 796. The minimum absolute atomic E-state index is 0.0114. The second-order valence-corrected chi connectivity index (χ2v) is 6.60. The quantitative estimate of drug-likeness (QED) is 0.719. The molecule has 1 aliphatic heterocycles. The number of fused-ring (bicyclic) bond motifs is 1. The summed E-state index contributed by atoms with van der Waals surface area (Å²) in [5, 5.41) is 2.90. The van der Waals surface area contributed by atoms with Crippen LogP contribution in [0.1, 0.15) is 31.2 Å². The van der Waals surface area contributed by atoms with Crippen LogP contribution in [-0.2, 0) is 16.1 Å². The van der Waals surface area contributed by atoms with Crippen molar-refractivity contribution < 1.29 is 14.4 Å². The summed E-state index contributed by atoms with van der Waals surface area (Å²) in [5.74, 6) is -0.653. The van der Waals surface area contributed by atoms with E-state index >= 15 is 0 Å². The van der Waals surface area contributed by atoms with Gasteiger partial charge in [0, 0.05) is 19.5 Å². The lowest BCUT2D eigenvalue weighted by molar-refractivity contribution is -0.129. The van der Waals surface area contributed by atoms with Crippen LogP contribution in [0, 0.1) is 5.92 Å². The number of imide groups is 1. The topological polar surface area (TPSA) is 78.8 Å². The van der Waals surface area contributed by atoms with E-state index in [2.05, 4.69) is 10.3 Å². The predicted octanol–water partition coefficient (Wildman–Crippen LogP) is 3.01. The molecule has 0 bridgehead atoms. The molecule has 0 saturated heterocycles. The number of allylic oxidation sites excluding steroid dienone is 3. The van der Waals surface area contributed by atoms with Crippen molar-refractivity contribution >= 4 is 23.6 Å². The highest BCUT2D eigenvalue weighted by molar-refractivity contribution is 6.21. The Balaban J connectivity index is 1.35. The number of unbranched alkanes of at least 4 members (excludes halogenated alkanes) is 2. The van der Waals surface area contributed by atoms with Crippen molar-refractivity contribution in [2.24, 2.45) is 10.9 Å². The monoisotopic (exact) mass is 365 g/mol. The highest BCUT2D eigenvalue weighted by Crippen LogP contribution is 2.20. The molecule has 0 radical (unpaired) electrons. The molecule has 0 aromatic heterocycles. The van der Waals surface area contributed by atoms with Crippen LogP contribution in [0.25, 0.3) is 0 Å². The highest BCUT2D eigenvalue weighted by atomic mass is 16.2. The van der Waals surface area contributed by atoms with Crippen LogP contribution in [0.4, 0.5) is 4.79 Å². The average Bonchev–Trinajstić information content (AvgIpc) is 2.69. The van der Waals surface area contributed by atoms with Crippen molar-refractivity contribution in [3.8, 4) is 0 Å². The SMILES string of the molecule is O=C(CCCCCN1C(=O)N=C2C=CC=CC2C1=O)NCc1ccccc1. The summed E-state index contributed by atoms with van der Waals surface area (Å²) in [5.41, 5.74) is 1.58. The summed E-state index contributed by atoms with van der Waals surface area (Å²) in [4.78, 5) is 41.6. The van der Waals surface area contributed by atoms with Gasteiger partial charge in [0.2, 0.25) is 11.8 Å². The first-order valence-corrected chi connectivity index (χ1v) is 9.24. The van der Waals surface area contributed by atoms with Crippen molar-refractivity contribution in [3.63, 3.8) is 0 Å². The number of rotatable bonds is 8. The molecule has 1 heterocycles. The molecule has 3 rings (SSSR count). The van der Waals surface area contributed by atoms with Gasteiger partial charge in [0.15, 0.2) is 0 Å². The van der Waals surface area contributed by atoms with Crippen molar-refractivity contribution in [1.29, 1.82) is 0 Å². The van der Waals surface area contributed by atoms with E-state index in [-0.39, 0.29) is 11.8 Å². The number of benzene rings is 1. The minimum Gasteiger partial charge on any atom is -0.352 e. The van der Waals surface area contributed by atoms with Gasteiger partial charge in [0.1, 0.15) is 0 Å². The third-order valence-electron chi connectivity index (χ3n) is 4.61. The van der Waals surface area contributed by atoms with Gasteiger partial charge >= 0.3 is 6.03 Å². The van der Waals surface area contributed by atoms with Crippen molar-refractivity contribution in [1.82, 2.24) is 10.2 Å². The Morgan fingerprint density at radius 2 is 1.89 bits per heavy atom. The standard InChI is InChI=1S/C21H23N3O3/c25-19(22-15-16-9-3-1-4-10-16)13-5-2-8-14-24-20(26)17-11-6-7-12-18(17)23-21(24)27/h1,3-4,6-7,9-12,17H,2,5,8,13-15H2,(H,22,25). The zero-order valence-electron chi connectivity index (χ0n) is 15.1. The molecule has 1 unspecified atom stereocenters. The van der Waals surface area contributed by atoms with Crippen LogP contribution < -0.4 is 5.32 Å². The molecule has 1 aromatic rings. The number of hydrogen-bond donors (Lipinski definition) is 1. The van der Waals surface area contributed by atoms with Gasteiger partial charge in [0.25, 0.3) is 0 Å². The summed E-state index contributed by atoms with van der Waals surface area (Å²) in [6.45, 7) is 0.869. The van der Waals surface area contributed by atoms with E-state index in [1.165, 1.54) is 4.90 Å². The van der Waals surface area contributed by atoms with E-state index < -0.39 is 11.9 Å². The molecule has 140 valence electrons. The van der Waals surface area contributed by atoms with E-state index in [1.807, 2.05) is 30.3 Å². The van der Waals surface area contributed by atoms with Gasteiger partial charge < -0.3 is 5.32 Å². The predicted molar refractivity (Wildman–Crippen MR) is 103 cm³/mol. The first kappa shape index (κ1) is 18.8. The molecule has 0 fully saturated rings. The maximum Gasteiger partial charge on any atom is 0.350 e. The maximum absolute atomic E-state index is 12.4. The van der Waals surface area contributed by atoms with Gasteiger partial charge in [-0.25, -0.2) is 4.79 Å². The fourth-order valence-corrected chi connectivity index (χ4v) is 3.10. The Morgan fingerprint density at radius 3 is 2.70 bits per heavy atom. The lowest BCUT2D eigenvalue weighted by atomic mass is 9.95. The smallest absolute Gasteiger partial charge is 0.350 e. The summed E-state index contributed by atoms with van der Waals surface area (Å²) in [6, 6.07) is 9.27. The molecular formula is C21H23N3O3. The fraction of sp³-hybridized carbons (Fsp3) is 0.333. The lowest BCUT2D eigenvalue weighted by Crippen LogP contribution is -2.46. The van der Waals surface area contributed by atoms with Crippen LogP contribution in [0.5, 0.6) is 0 Å². The Kier molecular flexibility index (Phi) is 6.30. The molecule has 6 heteroatoms. The van der Waals surface area contributed by atoms with Crippen LogP contribution in [0.15, 0.2) is 59.6 Å². The second kappa shape index (κ2) is 9.07. The normalized spacial score (nSPS) is 18.3. The van der Waals surface area contributed by atoms with Crippen LogP contribution in [0.2, 0.25) is 0 Å². The average molecular weight is 365 g/mol. The number of hydrogen-bond acceptors (Lipinski definition) is 3. The Morgan fingerprint density at radius 1 is 1.07 bits per heavy atom. The molecule has 1 atom stereocenters. The number of aliphatic imine (C=N–C) groups is 1. The van der Waals surface area contributed by atoms with Gasteiger partial charge in [-0.05, 0) is 24.5 Å². The molecular weight excluding hydrogens is 342 g/mol. The number of urea groups is 1. The highest BCUT2D eigenvalue weighted by Gasteiger charge is 2.35. The third kappa shape index (κ3) is 5.00. The first-order valence-electron chi connectivity index (χ1n) is 9.24. The second-order valence-electron chi connectivity index (χ2n) is 6.60. The molecule has 1 aliphatic carbocycles. The Hall–Kier alpha value is -3.02. The van der Waals surface area contributed by atoms with Gasteiger partial charge in [-0.1, -0.05) is 55.0 Å². The Labute approximate surface area is 158 Å². The summed E-state index contributed by atoms with van der Waals surface area (Å²) in [6.07, 6.45) is 9.62. The minimum atomic E-state index is -0.494. The van der Waals surface area contributed by atoms with Crippen molar-refractivity contribution in [3.05, 3.63) is 60.2 Å². The zero-order valence-corrected chi connectivity index (χ0v) is 15.1. The molecule has 2 aliphatic rings. The zero-order chi connectivity index (χ0) is 19.1. The largest absolute Gasteiger partial charge is 0.352 e. The molecule has 27 heavy (non-hydrogen) atoms. The molecule has 1 aromatic carbocycles. The summed E-state index contributed by atoms with van der Waals surface area (Å²) < 4.78 is 0. The maximum atomic E-state index is 12.4. The fourth-order valence-electron chi connectivity index (χ4n) is 3.10. The first-order chi connectivity index (χ1) is 13.1. The van der Waals surface area contributed by atoms with Crippen LogP contribution in [0.3, 0.4) is 0 Å². The molecule has 4 amide bonds. The van der Waals surface area contributed by atoms with E-state index in [9.17, 15) is 14.4 Å². The number of amides is 4. The number of nitrogens with one attached hydrogen (secondary N) is 1. The van der Waals surface area contributed by atoms with E-state index in [0.29, 0.717) is 31.6 Å². The van der Waals surface area contributed by atoms with E-state index in [1.54, 1.807) is 24.3 Å². The van der Waals surface area contributed by atoms with E-state index in [4.69, 9.17) is 0 Å². The third-order valence-corrected chi connectivity index (χ3v) is 4.61. The van der Waals surface area contributed by atoms with Crippen LogP contribution in [-0.4, -0.2) is 35.0 Å². The number of carbonyl (C=O) groups is 3. The van der Waals surface area contributed by atoms with Gasteiger partial charge in [-0.15, -0.1) is 0 Å². The molecule has 1 N–H and O–H groups in total. The summed E-state index contributed by atoms with van der Waals surface area (Å²) in [7, 11) is 0. The van der Waals surface area contributed by atoms with Crippen LogP contribution >= 0.6 is 0 Å².